The summed E-state index contributed by atoms with van der Waals surface area (Å²) in [7, 11) is 2.13. The Labute approximate surface area is 225 Å². The number of ether oxygens (including phenoxy) is 2. The second kappa shape index (κ2) is 11.0. The molecule has 0 radical (unpaired) electrons. The van der Waals surface area contributed by atoms with Crippen molar-refractivity contribution < 1.29 is 22.7 Å². The highest BCUT2D eigenvalue weighted by Crippen LogP contribution is 2.31. The quantitative estimate of drug-likeness (QED) is 0.358. The molecule has 0 aliphatic heterocycles. The van der Waals surface area contributed by atoms with E-state index in [0.717, 1.165) is 0 Å². The number of fused-ring (bicyclic) bond motifs is 1. The maximum absolute atomic E-state index is 13.4. The minimum absolute atomic E-state index is 0.0187. The van der Waals surface area contributed by atoms with Gasteiger partial charge in [-0.1, -0.05) is 23.4 Å². The van der Waals surface area contributed by atoms with E-state index in [2.05, 4.69) is 26.5 Å². The molecule has 2 heterocycles. The fourth-order valence-corrected chi connectivity index (χ4v) is 5.02. The second-order valence-corrected chi connectivity index (χ2v) is 10.3. The van der Waals surface area contributed by atoms with Crippen LogP contribution >= 0.6 is 11.6 Å². The topological polar surface area (TPSA) is 111 Å². The first-order chi connectivity index (χ1) is 18.1. The lowest BCUT2D eigenvalue weighted by Gasteiger charge is -2.13. The van der Waals surface area contributed by atoms with Crippen LogP contribution in [0.5, 0.6) is 11.5 Å². The van der Waals surface area contributed by atoms with Crippen LogP contribution < -0.4 is 14.2 Å². The summed E-state index contributed by atoms with van der Waals surface area (Å²) < 4.78 is 40.2. The molecule has 0 aliphatic rings. The Morgan fingerprint density at radius 2 is 1.71 bits per heavy atom. The molecule has 2 aromatic heterocycles. The molecular formula is C27H23ClN4O5S. The number of rotatable bonds is 6. The third kappa shape index (κ3) is 5.49. The number of halogens is 1. The van der Waals surface area contributed by atoms with E-state index in [4.69, 9.17) is 21.1 Å². The smallest absolute Gasteiger partial charge is 0.272 e. The Morgan fingerprint density at radius 3 is 2.42 bits per heavy atom. The number of hydrogen-bond acceptors (Lipinski definition) is 7. The SMILES string of the molecule is COc1cc(C(=O)N(C)C)ncc1C#Cc1cc(Cl)ccc1NS(=O)(=O)c1ccc(OC)c2cccnc12. The highest BCUT2D eigenvalue weighted by Gasteiger charge is 2.21. The van der Waals surface area contributed by atoms with Gasteiger partial charge in [-0.3, -0.25) is 14.5 Å². The van der Waals surface area contributed by atoms with Gasteiger partial charge in [-0.05, 0) is 42.5 Å². The molecule has 0 saturated heterocycles. The molecule has 0 aliphatic carbocycles. The Hall–Kier alpha value is -4.33. The number of methoxy groups -OCH3 is 2. The van der Waals surface area contributed by atoms with Gasteiger partial charge in [-0.15, -0.1) is 0 Å². The van der Waals surface area contributed by atoms with Crippen molar-refractivity contribution in [1.82, 2.24) is 14.9 Å². The van der Waals surface area contributed by atoms with E-state index in [1.807, 2.05) is 0 Å². The van der Waals surface area contributed by atoms with E-state index in [1.165, 1.54) is 49.7 Å². The minimum Gasteiger partial charge on any atom is -0.496 e. The van der Waals surface area contributed by atoms with E-state index in [0.29, 0.717) is 33.0 Å². The van der Waals surface area contributed by atoms with Crippen molar-refractivity contribution in [2.24, 2.45) is 0 Å². The largest absolute Gasteiger partial charge is 0.496 e. The van der Waals surface area contributed by atoms with E-state index in [-0.39, 0.29) is 27.7 Å². The van der Waals surface area contributed by atoms with Crippen molar-refractivity contribution in [2.45, 2.75) is 4.90 Å². The number of sulfonamides is 1. The number of benzene rings is 2. The fraction of sp³-hybridized carbons (Fsp3) is 0.148. The number of carbonyl (C=O) groups excluding carboxylic acids is 1. The van der Waals surface area contributed by atoms with Crippen molar-refractivity contribution in [3.63, 3.8) is 0 Å². The Bertz CT molecular complexity index is 1710. The zero-order chi connectivity index (χ0) is 27.4. The standard InChI is InChI=1S/C27H23ClN4O5S/c1-32(2)27(33)22-15-24(37-4)18(16-30-22)8-7-17-14-19(28)9-10-21(17)31-38(34,35)25-12-11-23(36-3)20-6-5-13-29-26(20)25/h5-6,9-16,31H,1-4H3. The van der Waals surface area contributed by atoms with E-state index < -0.39 is 10.0 Å². The summed E-state index contributed by atoms with van der Waals surface area (Å²) in [4.78, 5) is 22.1. The Balaban J connectivity index is 1.73. The molecule has 0 spiro atoms. The molecule has 0 bridgehead atoms. The van der Waals surface area contributed by atoms with Gasteiger partial charge in [0.15, 0.2) is 0 Å². The van der Waals surface area contributed by atoms with E-state index in [1.54, 1.807) is 44.4 Å². The van der Waals surface area contributed by atoms with Gasteiger partial charge in [0.25, 0.3) is 15.9 Å². The molecule has 0 fully saturated rings. The summed E-state index contributed by atoms with van der Waals surface area (Å²) in [5.74, 6) is 6.43. The maximum Gasteiger partial charge on any atom is 0.272 e. The first-order valence-corrected chi connectivity index (χ1v) is 13.0. The molecule has 1 N–H and O–H groups in total. The lowest BCUT2D eigenvalue weighted by molar-refractivity contribution is 0.0821. The van der Waals surface area contributed by atoms with Crippen molar-refractivity contribution in [3.05, 3.63) is 82.8 Å². The van der Waals surface area contributed by atoms with Crippen molar-refractivity contribution >= 4 is 44.1 Å². The molecule has 2 aromatic carbocycles. The number of carbonyl (C=O) groups is 1. The highest BCUT2D eigenvalue weighted by atomic mass is 35.5. The summed E-state index contributed by atoms with van der Waals surface area (Å²) in [6, 6.07) is 12.6. The van der Waals surface area contributed by atoms with Crippen molar-refractivity contribution in [2.75, 3.05) is 33.0 Å². The number of pyridine rings is 2. The molecule has 0 unspecified atom stereocenters. The molecule has 9 nitrogen and oxygen atoms in total. The van der Waals surface area contributed by atoms with Gasteiger partial charge in [0, 0.05) is 43.0 Å². The van der Waals surface area contributed by atoms with Gasteiger partial charge in [0.2, 0.25) is 0 Å². The summed E-state index contributed by atoms with van der Waals surface area (Å²) in [6.45, 7) is 0. The molecular weight excluding hydrogens is 528 g/mol. The van der Waals surface area contributed by atoms with Crippen LogP contribution in [0.15, 0.2) is 65.8 Å². The summed E-state index contributed by atoms with van der Waals surface area (Å²) in [5, 5.41) is 0.926. The van der Waals surface area contributed by atoms with Gasteiger partial charge >= 0.3 is 0 Å². The van der Waals surface area contributed by atoms with Crippen molar-refractivity contribution in [3.8, 4) is 23.3 Å². The fourth-order valence-electron chi connectivity index (χ4n) is 3.60. The lowest BCUT2D eigenvalue weighted by atomic mass is 10.1. The minimum atomic E-state index is -4.08. The normalized spacial score (nSPS) is 10.9. The van der Waals surface area contributed by atoms with Gasteiger partial charge < -0.3 is 14.4 Å². The van der Waals surface area contributed by atoms with E-state index >= 15 is 0 Å². The molecule has 1 amide bonds. The predicted octanol–water partition coefficient (Wildman–Crippen LogP) is 4.20. The van der Waals surface area contributed by atoms with Crippen molar-refractivity contribution in [1.29, 1.82) is 0 Å². The second-order valence-electron chi connectivity index (χ2n) is 8.18. The molecule has 0 saturated carbocycles. The maximum atomic E-state index is 13.4. The molecule has 38 heavy (non-hydrogen) atoms. The van der Waals surface area contributed by atoms with Crippen LogP contribution in [-0.4, -0.2) is 57.5 Å². The number of hydrogen-bond donors (Lipinski definition) is 1. The molecule has 194 valence electrons. The van der Waals surface area contributed by atoms with Crippen LogP contribution in [0, 0.1) is 11.8 Å². The Morgan fingerprint density at radius 1 is 0.974 bits per heavy atom. The molecule has 4 rings (SSSR count). The predicted molar refractivity (Wildman–Crippen MR) is 145 cm³/mol. The van der Waals surface area contributed by atoms with Gasteiger partial charge in [-0.25, -0.2) is 13.4 Å². The monoisotopic (exact) mass is 550 g/mol. The average Bonchev–Trinajstić information content (AvgIpc) is 2.91. The molecule has 0 atom stereocenters. The zero-order valence-corrected chi connectivity index (χ0v) is 22.5. The Kier molecular flexibility index (Phi) is 7.71. The van der Waals surface area contributed by atoms with Crippen LogP contribution in [0.3, 0.4) is 0 Å². The first kappa shape index (κ1) is 26.7. The van der Waals surface area contributed by atoms with Crippen LogP contribution in [0.1, 0.15) is 21.6 Å². The number of aromatic nitrogens is 2. The average molecular weight is 551 g/mol. The molecule has 11 heteroatoms. The lowest BCUT2D eigenvalue weighted by Crippen LogP contribution is -2.22. The third-order valence-corrected chi connectivity index (χ3v) is 7.10. The number of anilines is 1. The van der Waals surface area contributed by atoms with Gasteiger partial charge in [0.1, 0.15) is 22.1 Å². The van der Waals surface area contributed by atoms with E-state index in [9.17, 15) is 13.2 Å². The van der Waals surface area contributed by atoms with Crippen LogP contribution in [0.4, 0.5) is 5.69 Å². The number of nitrogens with zero attached hydrogens (tertiary/aromatic N) is 3. The van der Waals surface area contributed by atoms with Gasteiger partial charge in [-0.2, -0.15) is 0 Å². The summed E-state index contributed by atoms with van der Waals surface area (Å²) in [6.07, 6.45) is 2.94. The van der Waals surface area contributed by atoms with Crippen LogP contribution in [-0.2, 0) is 10.0 Å². The number of nitrogens with one attached hydrogen (secondary N) is 1. The van der Waals surface area contributed by atoms with Crippen LogP contribution in [0.2, 0.25) is 5.02 Å². The summed E-state index contributed by atoms with van der Waals surface area (Å²) in [5.41, 5.74) is 1.41. The first-order valence-electron chi connectivity index (χ1n) is 11.2. The number of amides is 1. The highest BCUT2D eigenvalue weighted by molar-refractivity contribution is 7.93. The summed E-state index contributed by atoms with van der Waals surface area (Å²) >= 11 is 6.19. The van der Waals surface area contributed by atoms with Crippen LogP contribution in [0.25, 0.3) is 10.9 Å². The third-order valence-electron chi connectivity index (χ3n) is 5.47. The van der Waals surface area contributed by atoms with Gasteiger partial charge in [0.05, 0.1) is 36.6 Å². The zero-order valence-electron chi connectivity index (χ0n) is 20.9. The molecule has 4 aromatic rings.